The van der Waals surface area contributed by atoms with E-state index in [4.69, 9.17) is 11.6 Å². The smallest absolute Gasteiger partial charge is 0.196 e. The minimum absolute atomic E-state index is 0.0948. The third-order valence-electron chi connectivity index (χ3n) is 4.22. The SMILES string of the molecule is Fc1ccc(-n2c(SCc3c(F)cccc3Cl)nnc2-c2ccccc2)c(F)c1. The maximum Gasteiger partial charge on any atom is 0.196 e. The second kappa shape index (κ2) is 8.31. The summed E-state index contributed by atoms with van der Waals surface area (Å²) in [5.41, 5.74) is 1.12. The van der Waals surface area contributed by atoms with Gasteiger partial charge in [0.1, 0.15) is 17.5 Å². The molecule has 29 heavy (non-hydrogen) atoms. The predicted octanol–water partition coefficient (Wildman–Crippen LogP) is 6.30. The van der Waals surface area contributed by atoms with Crippen molar-refractivity contribution < 1.29 is 13.2 Å². The minimum atomic E-state index is -0.757. The van der Waals surface area contributed by atoms with Crippen molar-refractivity contribution in [2.75, 3.05) is 0 Å². The van der Waals surface area contributed by atoms with E-state index >= 15 is 0 Å². The summed E-state index contributed by atoms with van der Waals surface area (Å²) in [7, 11) is 0. The molecule has 1 heterocycles. The molecule has 4 aromatic rings. The molecule has 3 aromatic carbocycles. The summed E-state index contributed by atoms with van der Waals surface area (Å²) < 4.78 is 43.6. The molecule has 8 heteroatoms. The lowest BCUT2D eigenvalue weighted by Crippen LogP contribution is -2.03. The molecule has 0 bridgehead atoms. The van der Waals surface area contributed by atoms with E-state index < -0.39 is 17.5 Å². The summed E-state index contributed by atoms with van der Waals surface area (Å²) in [6, 6.07) is 16.8. The number of nitrogens with zero attached hydrogens (tertiary/aromatic N) is 3. The molecule has 146 valence electrons. The summed E-state index contributed by atoms with van der Waals surface area (Å²) in [6.07, 6.45) is 0. The van der Waals surface area contributed by atoms with Gasteiger partial charge < -0.3 is 0 Å². The Morgan fingerprint density at radius 3 is 2.38 bits per heavy atom. The Hall–Kier alpha value is -2.77. The van der Waals surface area contributed by atoms with Crippen LogP contribution >= 0.6 is 23.4 Å². The number of hydrogen-bond acceptors (Lipinski definition) is 3. The lowest BCUT2D eigenvalue weighted by molar-refractivity contribution is 0.575. The van der Waals surface area contributed by atoms with Gasteiger partial charge in [0.05, 0.1) is 5.69 Å². The largest absolute Gasteiger partial charge is 0.267 e. The summed E-state index contributed by atoms with van der Waals surface area (Å²) in [4.78, 5) is 0. The van der Waals surface area contributed by atoms with E-state index in [2.05, 4.69) is 10.2 Å². The van der Waals surface area contributed by atoms with Crippen molar-refractivity contribution in [1.82, 2.24) is 14.8 Å². The first-order chi connectivity index (χ1) is 14.0. The molecule has 0 atom stereocenters. The van der Waals surface area contributed by atoms with E-state index in [0.29, 0.717) is 27.1 Å². The highest BCUT2D eigenvalue weighted by Crippen LogP contribution is 2.33. The topological polar surface area (TPSA) is 30.7 Å². The van der Waals surface area contributed by atoms with Crippen LogP contribution in [-0.2, 0) is 5.75 Å². The second-order valence-corrected chi connectivity index (χ2v) is 7.44. The van der Waals surface area contributed by atoms with E-state index in [1.54, 1.807) is 6.07 Å². The first-order valence-electron chi connectivity index (χ1n) is 8.56. The Morgan fingerprint density at radius 1 is 0.862 bits per heavy atom. The van der Waals surface area contributed by atoms with Gasteiger partial charge in [-0.05, 0) is 24.3 Å². The van der Waals surface area contributed by atoms with E-state index in [9.17, 15) is 13.2 Å². The Balaban J connectivity index is 1.79. The first kappa shape index (κ1) is 19.5. The number of rotatable bonds is 5. The summed E-state index contributed by atoms with van der Waals surface area (Å²) in [5, 5.41) is 8.96. The quantitative estimate of drug-likeness (QED) is 0.347. The van der Waals surface area contributed by atoms with Crippen molar-refractivity contribution in [3.8, 4) is 17.1 Å². The fraction of sp³-hybridized carbons (Fsp3) is 0.0476. The van der Waals surface area contributed by atoms with Gasteiger partial charge in [-0.2, -0.15) is 0 Å². The predicted molar refractivity (Wildman–Crippen MR) is 108 cm³/mol. The average molecular weight is 432 g/mol. The normalized spacial score (nSPS) is 11.0. The molecule has 0 radical (unpaired) electrons. The van der Waals surface area contributed by atoms with Gasteiger partial charge in [0.15, 0.2) is 11.0 Å². The van der Waals surface area contributed by atoms with Gasteiger partial charge in [0, 0.05) is 28.0 Å². The van der Waals surface area contributed by atoms with E-state index in [-0.39, 0.29) is 11.4 Å². The van der Waals surface area contributed by atoms with Crippen LogP contribution < -0.4 is 0 Å². The molecule has 0 saturated carbocycles. The van der Waals surface area contributed by atoms with Crippen LogP contribution in [0.1, 0.15) is 5.56 Å². The van der Waals surface area contributed by atoms with Crippen molar-refractivity contribution in [2.45, 2.75) is 10.9 Å². The molecular formula is C21H13ClF3N3S. The Bertz CT molecular complexity index is 1150. The molecule has 0 N–H and O–H groups in total. The average Bonchev–Trinajstić information content (AvgIpc) is 3.12. The molecule has 0 fully saturated rings. The van der Waals surface area contributed by atoms with Crippen LogP contribution in [0.25, 0.3) is 17.1 Å². The van der Waals surface area contributed by atoms with Crippen LogP contribution in [0.3, 0.4) is 0 Å². The summed E-state index contributed by atoms with van der Waals surface area (Å²) >= 11 is 7.25. The zero-order valence-corrected chi connectivity index (χ0v) is 16.4. The second-order valence-electron chi connectivity index (χ2n) is 6.09. The van der Waals surface area contributed by atoms with Crippen LogP contribution in [0.5, 0.6) is 0 Å². The van der Waals surface area contributed by atoms with Gasteiger partial charge in [-0.3, -0.25) is 4.57 Å². The van der Waals surface area contributed by atoms with Gasteiger partial charge in [-0.15, -0.1) is 10.2 Å². The summed E-state index contributed by atoms with van der Waals surface area (Å²) in [6.45, 7) is 0. The number of benzene rings is 3. The highest BCUT2D eigenvalue weighted by Gasteiger charge is 2.20. The van der Waals surface area contributed by atoms with Gasteiger partial charge >= 0.3 is 0 Å². The zero-order chi connectivity index (χ0) is 20.4. The van der Waals surface area contributed by atoms with Crippen LogP contribution in [0.2, 0.25) is 5.02 Å². The molecule has 0 amide bonds. The number of hydrogen-bond donors (Lipinski definition) is 0. The van der Waals surface area contributed by atoms with Crippen molar-refractivity contribution in [2.24, 2.45) is 0 Å². The van der Waals surface area contributed by atoms with Crippen molar-refractivity contribution in [3.05, 3.63) is 94.8 Å². The molecule has 0 aliphatic carbocycles. The Kier molecular flexibility index (Phi) is 5.60. The highest BCUT2D eigenvalue weighted by molar-refractivity contribution is 7.98. The Labute approximate surface area is 174 Å². The van der Waals surface area contributed by atoms with E-state index in [1.807, 2.05) is 30.3 Å². The van der Waals surface area contributed by atoms with Crippen molar-refractivity contribution >= 4 is 23.4 Å². The monoisotopic (exact) mass is 431 g/mol. The standard InChI is InChI=1S/C21H13ClF3N3S/c22-16-7-4-8-17(24)15(16)12-29-21-27-26-20(13-5-2-1-3-6-13)28(21)19-10-9-14(23)11-18(19)25/h1-11H,12H2. The van der Waals surface area contributed by atoms with Gasteiger partial charge in [-0.1, -0.05) is 59.8 Å². The molecular weight excluding hydrogens is 419 g/mol. The molecule has 3 nitrogen and oxygen atoms in total. The number of thioether (sulfide) groups is 1. The van der Waals surface area contributed by atoms with Gasteiger partial charge in [0.25, 0.3) is 0 Å². The van der Waals surface area contributed by atoms with Crippen LogP contribution in [0.15, 0.2) is 71.9 Å². The maximum atomic E-state index is 14.6. The molecule has 1 aromatic heterocycles. The summed E-state index contributed by atoms with van der Waals surface area (Å²) in [5.74, 6) is -1.33. The molecule has 0 aliphatic heterocycles. The third-order valence-corrected chi connectivity index (χ3v) is 5.53. The molecule has 0 spiro atoms. The fourth-order valence-corrected chi connectivity index (χ4v) is 4.11. The Morgan fingerprint density at radius 2 is 1.66 bits per heavy atom. The number of aromatic nitrogens is 3. The van der Waals surface area contributed by atoms with Gasteiger partial charge in [0.2, 0.25) is 0 Å². The third kappa shape index (κ3) is 4.02. The molecule has 0 aliphatic rings. The molecule has 4 rings (SSSR count). The zero-order valence-electron chi connectivity index (χ0n) is 14.8. The van der Waals surface area contributed by atoms with Crippen LogP contribution in [-0.4, -0.2) is 14.8 Å². The van der Waals surface area contributed by atoms with Crippen LogP contribution in [0.4, 0.5) is 13.2 Å². The van der Waals surface area contributed by atoms with Gasteiger partial charge in [-0.25, -0.2) is 13.2 Å². The first-order valence-corrected chi connectivity index (χ1v) is 9.93. The minimum Gasteiger partial charge on any atom is -0.267 e. The lowest BCUT2D eigenvalue weighted by atomic mass is 10.2. The number of halogens is 4. The van der Waals surface area contributed by atoms with Crippen LogP contribution in [0, 0.1) is 17.5 Å². The maximum absolute atomic E-state index is 14.6. The molecule has 0 saturated heterocycles. The fourth-order valence-electron chi connectivity index (χ4n) is 2.82. The van der Waals surface area contributed by atoms with Crippen molar-refractivity contribution in [3.63, 3.8) is 0 Å². The van der Waals surface area contributed by atoms with Crippen molar-refractivity contribution in [1.29, 1.82) is 0 Å². The highest BCUT2D eigenvalue weighted by atomic mass is 35.5. The van der Waals surface area contributed by atoms with E-state index in [1.165, 1.54) is 22.8 Å². The molecule has 0 unspecified atom stereocenters. The lowest BCUT2D eigenvalue weighted by Gasteiger charge is -2.12. The van der Waals surface area contributed by atoms with E-state index in [0.717, 1.165) is 23.9 Å².